The van der Waals surface area contributed by atoms with Gasteiger partial charge in [0.1, 0.15) is 0 Å². The Kier molecular flexibility index (Phi) is 4.61. The van der Waals surface area contributed by atoms with Gasteiger partial charge in [0.15, 0.2) is 5.78 Å². The third-order valence-corrected chi connectivity index (χ3v) is 3.03. The molecule has 20 heavy (non-hydrogen) atoms. The van der Waals surface area contributed by atoms with E-state index in [-0.39, 0.29) is 5.78 Å². The summed E-state index contributed by atoms with van der Waals surface area (Å²) in [5.74, 6) is 0.00703. The molecule has 0 saturated heterocycles. The smallest absolute Gasteiger partial charge is 0.192 e. The van der Waals surface area contributed by atoms with E-state index in [0.29, 0.717) is 11.1 Å². The summed E-state index contributed by atoms with van der Waals surface area (Å²) in [6.45, 7) is 5.71. The molecule has 2 rings (SSSR count). The van der Waals surface area contributed by atoms with Gasteiger partial charge in [0, 0.05) is 29.1 Å². The van der Waals surface area contributed by atoms with Gasteiger partial charge in [-0.25, -0.2) is 0 Å². The molecule has 0 amide bonds. The zero-order valence-electron chi connectivity index (χ0n) is 11.5. The maximum Gasteiger partial charge on any atom is 0.192 e. The molecule has 0 aliphatic carbocycles. The molecular weight excluding hydrogens is 246 g/mol. The number of hydrogen-bond donors (Lipinski definition) is 0. The van der Waals surface area contributed by atoms with Crippen LogP contribution in [0.15, 0.2) is 73.1 Å². The molecule has 0 unspecified atom stereocenters. The molecule has 2 heteroatoms. The highest BCUT2D eigenvalue weighted by Gasteiger charge is 2.10. The Bertz CT molecular complexity index is 641. The molecule has 0 atom stereocenters. The van der Waals surface area contributed by atoms with E-state index < -0.39 is 0 Å². The SMILES string of the molecule is C=C/C(=C\CC)C(=O)c1cccc(-c2cccnc2)c1. The van der Waals surface area contributed by atoms with E-state index in [9.17, 15) is 4.79 Å². The molecule has 0 radical (unpaired) electrons. The molecule has 1 aromatic heterocycles. The number of rotatable bonds is 5. The molecule has 1 aromatic carbocycles. The van der Waals surface area contributed by atoms with Gasteiger partial charge in [-0.15, -0.1) is 0 Å². The maximum atomic E-state index is 12.4. The standard InChI is InChI=1S/C18H17NO/c1-3-7-14(4-2)18(20)16-9-5-8-15(12-16)17-10-6-11-19-13-17/h4-13H,2-3H2,1H3/b14-7+. The summed E-state index contributed by atoms with van der Waals surface area (Å²) < 4.78 is 0. The van der Waals surface area contributed by atoms with Crippen LogP contribution >= 0.6 is 0 Å². The van der Waals surface area contributed by atoms with Crippen LogP contribution in [-0.4, -0.2) is 10.8 Å². The van der Waals surface area contributed by atoms with Crippen molar-refractivity contribution in [3.8, 4) is 11.1 Å². The van der Waals surface area contributed by atoms with Crippen LogP contribution in [-0.2, 0) is 0 Å². The van der Waals surface area contributed by atoms with Crippen LogP contribution in [0.4, 0.5) is 0 Å². The Balaban J connectivity index is 2.38. The van der Waals surface area contributed by atoms with Gasteiger partial charge in [-0.3, -0.25) is 9.78 Å². The predicted molar refractivity (Wildman–Crippen MR) is 82.6 cm³/mol. The van der Waals surface area contributed by atoms with Crippen molar-refractivity contribution in [2.24, 2.45) is 0 Å². The fourth-order valence-electron chi connectivity index (χ4n) is 2.03. The predicted octanol–water partition coefficient (Wildman–Crippen LogP) is 4.45. The Morgan fingerprint density at radius 1 is 1.25 bits per heavy atom. The number of carbonyl (C=O) groups excluding carboxylic acids is 1. The fourth-order valence-corrected chi connectivity index (χ4v) is 2.03. The number of aromatic nitrogens is 1. The van der Waals surface area contributed by atoms with Crippen molar-refractivity contribution in [1.82, 2.24) is 4.98 Å². The van der Waals surface area contributed by atoms with Gasteiger partial charge in [-0.1, -0.05) is 49.9 Å². The third-order valence-electron chi connectivity index (χ3n) is 3.03. The van der Waals surface area contributed by atoms with E-state index in [1.54, 1.807) is 18.5 Å². The number of Topliss-reactive ketones (excluding diaryl/α,β-unsaturated/α-hetero) is 1. The van der Waals surface area contributed by atoms with E-state index in [0.717, 1.165) is 17.5 Å². The van der Waals surface area contributed by atoms with Crippen LogP contribution < -0.4 is 0 Å². The quantitative estimate of drug-likeness (QED) is 0.453. The number of allylic oxidation sites excluding steroid dienone is 3. The number of ketones is 1. The van der Waals surface area contributed by atoms with Gasteiger partial charge in [0.25, 0.3) is 0 Å². The van der Waals surface area contributed by atoms with Crippen LogP contribution in [0.3, 0.4) is 0 Å². The van der Waals surface area contributed by atoms with Gasteiger partial charge >= 0.3 is 0 Å². The van der Waals surface area contributed by atoms with Crippen molar-refractivity contribution in [3.05, 3.63) is 78.7 Å². The second-order valence-electron chi connectivity index (χ2n) is 4.42. The third kappa shape index (κ3) is 3.09. The summed E-state index contributed by atoms with van der Waals surface area (Å²) in [6.07, 6.45) is 7.85. The Morgan fingerprint density at radius 3 is 2.70 bits per heavy atom. The van der Waals surface area contributed by atoms with E-state index in [1.165, 1.54) is 0 Å². The van der Waals surface area contributed by atoms with Crippen LogP contribution in [0.5, 0.6) is 0 Å². The molecular formula is C18H17NO. The minimum absolute atomic E-state index is 0.00703. The average molecular weight is 263 g/mol. The maximum absolute atomic E-state index is 12.4. The number of carbonyl (C=O) groups is 1. The highest BCUT2D eigenvalue weighted by molar-refractivity contribution is 6.10. The molecule has 2 aromatic rings. The minimum Gasteiger partial charge on any atom is -0.289 e. The summed E-state index contributed by atoms with van der Waals surface area (Å²) in [7, 11) is 0. The Labute approximate surface area is 119 Å². The van der Waals surface area contributed by atoms with Crippen LogP contribution in [0.25, 0.3) is 11.1 Å². The molecule has 0 N–H and O–H groups in total. The van der Waals surface area contributed by atoms with Crippen LogP contribution in [0.1, 0.15) is 23.7 Å². The van der Waals surface area contributed by atoms with E-state index in [2.05, 4.69) is 11.6 Å². The van der Waals surface area contributed by atoms with Gasteiger partial charge in [-0.2, -0.15) is 0 Å². The van der Waals surface area contributed by atoms with Crippen LogP contribution in [0.2, 0.25) is 0 Å². The van der Waals surface area contributed by atoms with Gasteiger partial charge < -0.3 is 0 Å². The average Bonchev–Trinajstić information content (AvgIpc) is 2.53. The summed E-state index contributed by atoms with van der Waals surface area (Å²) in [5.41, 5.74) is 3.31. The lowest BCUT2D eigenvalue weighted by molar-refractivity contribution is 0.103. The zero-order chi connectivity index (χ0) is 14.4. The molecule has 0 fully saturated rings. The molecule has 100 valence electrons. The van der Waals surface area contributed by atoms with Crippen LogP contribution in [0, 0.1) is 0 Å². The summed E-state index contributed by atoms with van der Waals surface area (Å²) >= 11 is 0. The molecule has 0 spiro atoms. The van der Waals surface area contributed by atoms with E-state index in [1.807, 2.05) is 49.4 Å². The number of hydrogen-bond acceptors (Lipinski definition) is 2. The number of pyridine rings is 1. The van der Waals surface area contributed by atoms with Crippen molar-refractivity contribution < 1.29 is 4.79 Å². The first-order valence-corrected chi connectivity index (χ1v) is 6.64. The first-order chi connectivity index (χ1) is 9.76. The lowest BCUT2D eigenvalue weighted by Crippen LogP contribution is -2.01. The van der Waals surface area contributed by atoms with Crippen molar-refractivity contribution in [1.29, 1.82) is 0 Å². The lowest BCUT2D eigenvalue weighted by Gasteiger charge is -2.05. The highest BCUT2D eigenvalue weighted by atomic mass is 16.1. The molecule has 2 nitrogen and oxygen atoms in total. The zero-order valence-corrected chi connectivity index (χ0v) is 11.5. The summed E-state index contributed by atoms with van der Waals surface area (Å²) in [5, 5.41) is 0. The second-order valence-corrected chi connectivity index (χ2v) is 4.42. The van der Waals surface area contributed by atoms with Crippen molar-refractivity contribution in [2.45, 2.75) is 13.3 Å². The van der Waals surface area contributed by atoms with E-state index >= 15 is 0 Å². The lowest BCUT2D eigenvalue weighted by atomic mass is 9.98. The van der Waals surface area contributed by atoms with Crippen molar-refractivity contribution in [2.75, 3.05) is 0 Å². The number of nitrogens with zero attached hydrogens (tertiary/aromatic N) is 1. The Morgan fingerprint density at radius 2 is 2.05 bits per heavy atom. The van der Waals surface area contributed by atoms with Gasteiger partial charge in [0.05, 0.1) is 0 Å². The van der Waals surface area contributed by atoms with Crippen molar-refractivity contribution >= 4 is 5.78 Å². The fraction of sp³-hybridized carbons (Fsp3) is 0.111. The topological polar surface area (TPSA) is 30.0 Å². The minimum atomic E-state index is 0.00703. The monoisotopic (exact) mass is 263 g/mol. The largest absolute Gasteiger partial charge is 0.289 e. The first kappa shape index (κ1) is 13.9. The highest BCUT2D eigenvalue weighted by Crippen LogP contribution is 2.21. The molecule has 0 aliphatic rings. The first-order valence-electron chi connectivity index (χ1n) is 6.64. The molecule has 0 aliphatic heterocycles. The molecule has 1 heterocycles. The molecule has 0 saturated carbocycles. The summed E-state index contributed by atoms with van der Waals surface area (Å²) in [6, 6.07) is 11.5. The van der Waals surface area contributed by atoms with Gasteiger partial charge in [-0.05, 0) is 24.1 Å². The van der Waals surface area contributed by atoms with E-state index in [4.69, 9.17) is 0 Å². The van der Waals surface area contributed by atoms with Gasteiger partial charge in [0.2, 0.25) is 0 Å². The number of benzene rings is 1. The summed E-state index contributed by atoms with van der Waals surface area (Å²) in [4.78, 5) is 16.5. The molecule has 0 bridgehead atoms. The normalized spacial score (nSPS) is 11.2. The Hall–Kier alpha value is -2.48. The van der Waals surface area contributed by atoms with Crippen molar-refractivity contribution in [3.63, 3.8) is 0 Å². The second kappa shape index (κ2) is 6.62.